The Kier molecular flexibility index (Phi) is 15.3. The molecule has 0 bridgehead atoms. The first kappa shape index (κ1) is 51.1. The van der Waals surface area contributed by atoms with E-state index in [1.807, 2.05) is 45.0 Å². The van der Waals surface area contributed by atoms with Crippen molar-refractivity contribution in [1.82, 2.24) is 30.2 Å². The predicted molar refractivity (Wildman–Crippen MR) is 255 cm³/mol. The molecule has 2 unspecified atom stereocenters. The van der Waals surface area contributed by atoms with E-state index in [0.717, 1.165) is 31.9 Å². The normalized spacial score (nSPS) is 18.2. The first-order valence-electron chi connectivity index (χ1n) is 23.8. The first-order valence-corrected chi connectivity index (χ1v) is 23.8. The lowest BCUT2D eigenvalue weighted by Gasteiger charge is -2.36. The molecule has 18 heteroatoms. The number of esters is 1. The molecule has 374 valence electrons. The Balaban J connectivity index is 1.34. The van der Waals surface area contributed by atoms with Gasteiger partial charge in [0.25, 0.3) is 5.91 Å². The second kappa shape index (κ2) is 20.7. The number of benzene rings is 2. The van der Waals surface area contributed by atoms with Crippen molar-refractivity contribution in [3.63, 3.8) is 0 Å². The Morgan fingerprint density at radius 3 is 2.29 bits per heavy atom. The van der Waals surface area contributed by atoms with Gasteiger partial charge in [-0.1, -0.05) is 44.2 Å². The van der Waals surface area contributed by atoms with Gasteiger partial charge in [0.2, 0.25) is 0 Å². The lowest BCUT2D eigenvalue weighted by molar-refractivity contribution is -0.148. The van der Waals surface area contributed by atoms with Crippen LogP contribution in [-0.2, 0) is 48.0 Å². The van der Waals surface area contributed by atoms with E-state index < -0.39 is 65.9 Å². The predicted octanol–water partition coefficient (Wildman–Crippen LogP) is 8.07. The number of carbonyl (C=O) groups is 4. The highest BCUT2D eigenvalue weighted by Crippen LogP contribution is 2.44. The molecule has 2 amide bonds. The van der Waals surface area contributed by atoms with E-state index in [0.29, 0.717) is 69.0 Å². The number of aliphatic carboxylic acids is 1. The maximum atomic E-state index is 15.0. The van der Waals surface area contributed by atoms with E-state index in [1.54, 1.807) is 58.3 Å². The van der Waals surface area contributed by atoms with Gasteiger partial charge in [-0.3, -0.25) is 29.3 Å². The number of hydrogen-bond acceptors (Lipinski definition) is 11. The SMILES string of the molecule is COC(C)c1ncc(N2CCN(C3CC3)CC2)cc1-c1c(CC(C)(C)COC(C)=O)c2cc(-c3cccc(CC(NC(=O)OC(C)(C)C)C(=O)N4CCC[C@@H](C(=O)O)N4)c3)ccc2n1CC(F)(F)F. The average molecular weight is 962 g/mol. The number of hydrazine groups is 1. The van der Waals surface area contributed by atoms with E-state index in [1.165, 1.54) is 29.3 Å². The molecular weight excluding hydrogens is 896 g/mol. The number of pyridine rings is 1. The average Bonchev–Trinajstić information content (AvgIpc) is 4.11. The fourth-order valence-corrected chi connectivity index (χ4v) is 9.38. The molecule has 3 fully saturated rings. The Morgan fingerprint density at radius 2 is 1.65 bits per heavy atom. The van der Waals surface area contributed by atoms with Gasteiger partial charge < -0.3 is 34.1 Å². The van der Waals surface area contributed by atoms with E-state index in [2.05, 4.69) is 20.5 Å². The Bertz CT molecular complexity index is 2530. The molecule has 2 aromatic heterocycles. The summed E-state index contributed by atoms with van der Waals surface area (Å²) in [6, 6.07) is 13.1. The molecule has 3 N–H and O–H groups in total. The number of fused-ring (bicyclic) bond motifs is 1. The largest absolute Gasteiger partial charge is 0.480 e. The van der Waals surface area contributed by atoms with Crippen LogP contribution in [0.2, 0.25) is 0 Å². The van der Waals surface area contributed by atoms with Crippen molar-refractivity contribution in [2.24, 2.45) is 5.41 Å². The summed E-state index contributed by atoms with van der Waals surface area (Å²) in [5.41, 5.74) is 6.31. The zero-order chi connectivity index (χ0) is 50.0. The van der Waals surface area contributed by atoms with Gasteiger partial charge in [-0.2, -0.15) is 13.2 Å². The molecule has 2 saturated heterocycles. The summed E-state index contributed by atoms with van der Waals surface area (Å²) in [5.74, 6) is -2.11. The highest BCUT2D eigenvalue weighted by molar-refractivity contribution is 5.96. The molecule has 3 aliphatic rings. The summed E-state index contributed by atoms with van der Waals surface area (Å²) in [6.45, 7) is 14.3. The van der Waals surface area contributed by atoms with Crippen LogP contribution >= 0.6 is 0 Å². The van der Waals surface area contributed by atoms with Crippen LogP contribution in [0.1, 0.15) is 97.1 Å². The number of hydrogen-bond donors (Lipinski definition) is 3. The van der Waals surface area contributed by atoms with E-state index in [-0.39, 0.29) is 26.0 Å². The molecule has 3 atom stereocenters. The second-order valence-electron chi connectivity index (χ2n) is 20.4. The van der Waals surface area contributed by atoms with Crippen molar-refractivity contribution in [2.75, 3.05) is 51.3 Å². The van der Waals surface area contributed by atoms with Crippen molar-refractivity contribution in [2.45, 2.75) is 130 Å². The first-order chi connectivity index (χ1) is 32.5. The number of carbonyl (C=O) groups excluding carboxylic acids is 3. The van der Waals surface area contributed by atoms with Gasteiger partial charge in [0.15, 0.2) is 0 Å². The second-order valence-corrected chi connectivity index (χ2v) is 20.4. The minimum atomic E-state index is -4.62. The number of nitrogens with zero attached hydrogens (tertiary/aromatic N) is 5. The van der Waals surface area contributed by atoms with Crippen LogP contribution in [0.4, 0.5) is 23.7 Å². The molecule has 4 aromatic rings. The van der Waals surface area contributed by atoms with Gasteiger partial charge in [-0.05, 0) is 100 Å². The number of anilines is 1. The Hall–Kier alpha value is -5.72. The van der Waals surface area contributed by atoms with Crippen LogP contribution in [0.3, 0.4) is 0 Å². The van der Waals surface area contributed by atoms with Crippen LogP contribution < -0.4 is 15.6 Å². The molecule has 4 heterocycles. The molecule has 0 spiro atoms. The maximum absolute atomic E-state index is 15.0. The quantitative estimate of drug-likeness (QED) is 0.0926. The molecule has 1 aliphatic carbocycles. The van der Waals surface area contributed by atoms with Crippen LogP contribution in [0, 0.1) is 5.41 Å². The van der Waals surface area contributed by atoms with E-state index in [9.17, 15) is 37.5 Å². The summed E-state index contributed by atoms with van der Waals surface area (Å²) in [6.07, 6.45) is -0.839. The van der Waals surface area contributed by atoms with Crippen LogP contribution in [0.5, 0.6) is 0 Å². The maximum Gasteiger partial charge on any atom is 0.408 e. The third kappa shape index (κ3) is 12.9. The van der Waals surface area contributed by atoms with Crippen LogP contribution in [0.15, 0.2) is 54.7 Å². The minimum absolute atomic E-state index is 0.00516. The molecular formula is C51H66F3N7O8. The van der Waals surface area contributed by atoms with Gasteiger partial charge in [0.1, 0.15) is 24.2 Å². The molecule has 15 nitrogen and oxygen atoms in total. The molecule has 2 aliphatic heterocycles. The molecule has 7 rings (SSSR count). The number of carboxylic acids is 1. The number of ether oxygens (including phenoxy) is 3. The molecule has 0 radical (unpaired) electrons. The number of amides is 2. The standard InChI is InChI=1S/C51H66F3N7O8/c1-31(67-8)44-39(26-37(28-55-44)59-21-19-58(20-22-59)36-15-16-36)45-40(27-50(6,7)30-68-32(2)62)38-25-35(14-17-43(38)60(45)29-51(52,53)54)34-12-9-11-33(23-34)24-42(56-48(66)69-49(3,4)5)46(63)61-18-10-13-41(57-61)47(64)65/h9,11-12,14,17,23,25-26,28,31,36,41-42,57H,10,13,15-16,18-22,24,27,29-30H2,1-8H3,(H,56,66)(H,64,65)/t31?,41-,42?/m0/s1. The molecule has 2 aromatic carbocycles. The van der Waals surface area contributed by atoms with Gasteiger partial charge in [-0.15, -0.1) is 0 Å². The number of halogens is 3. The summed E-state index contributed by atoms with van der Waals surface area (Å²) in [4.78, 5) is 60.8. The highest BCUT2D eigenvalue weighted by atomic mass is 19.4. The number of alkyl carbamates (subject to hydrolysis) is 1. The van der Waals surface area contributed by atoms with Crippen molar-refractivity contribution in [1.29, 1.82) is 0 Å². The van der Waals surface area contributed by atoms with Gasteiger partial charge in [0, 0.05) is 81.1 Å². The topological polar surface area (TPSA) is 168 Å². The number of methoxy groups -OCH3 is 1. The van der Waals surface area contributed by atoms with Crippen molar-refractivity contribution >= 4 is 40.5 Å². The third-order valence-electron chi connectivity index (χ3n) is 12.9. The zero-order valence-corrected chi connectivity index (χ0v) is 40.9. The van der Waals surface area contributed by atoms with Crippen LogP contribution in [-0.4, -0.2) is 125 Å². The fraction of sp³-hybridized carbons (Fsp3) is 0.549. The summed E-state index contributed by atoms with van der Waals surface area (Å²) < 4.78 is 63.1. The summed E-state index contributed by atoms with van der Waals surface area (Å²) in [7, 11) is 1.54. The number of rotatable bonds is 16. The molecule has 1 saturated carbocycles. The number of aromatic nitrogens is 2. The molecule has 69 heavy (non-hydrogen) atoms. The highest BCUT2D eigenvalue weighted by Gasteiger charge is 2.37. The van der Waals surface area contributed by atoms with Crippen LogP contribution in [0.25, 0.3) is 33.3 Å². The van der Waals surface area contributed by atoms with Crippen molar-refractivity contribution in [3.05, 3.63) is 71.5 Å². The Morgan fingerprint density at radius 1 is 0.942 bits per heavy atom. The minimum Gasteiger partial charge on any atom is -0.480 e. The number of piperazine rings is 1. The lowest BCUT2D eigenvalue weighted by Crippen LogP contribution is -2.60. The summed E-state index contributed by atoms with van der Waals surface area (Å²) in [5, 5.41) is 14.2. The van der Waals surface area contributed by atoms with Gasteiger partial charge in [0.05, 0.1) is 36.0 Å². The van der Waals surface area contributed by atoms with Gasteiger partial charge >= 0.3 is 24.2 Å². The van der Waals surface area contributed by atoms with Crippen molar-refractivity contribution in [3.8, 4) is 22.4 Å². The smallest absolute Gasteiger partial charge is 0.408 e. The number of alkyl halides is 3. The zero-order valence-electron chi connectivity index (χ0n) is 40.9. The third-order valence-corrected chi connectivity index (χ3v) is 12.9. The summed E-state index contributed by atoms with van der Waals surface area (Å²) >= 11 is 0. The number of carboxylic acid groups (broad SMARTS) is 1. The Labute approximate surface area is 401 Å². The fourth-order valence-electron chi connectivity index (χ4n) is 9.38. The van der Waals surface area contributed by atoms with E-state index >= 15 is 0 Å². The van der Waals surface area contributed by atoms with Gasteiger partial charge in [-0.25, -0.2) is 10.2 Å². The number of nitrogens with one attached hydrogen (secondary N) is 2. The monoisotopic (exact) mass is 961 g/mol. The lowest BCUT2D eigenvalue weighted by atomic mass is 9.84. The van der Waals surface area contributed by atoms with E-state index in [4.69, 9.17) is 19.2 Å². The van der Waals surface area contributed by atoms with Crippen molar-refractivity contribution < 1.29 is 51.7 Å².